The summed E-state index contributed by atoms with van der Waals surface area (Å²) in [5, 5.41) is 0. The number of carbonyl (C=O) groups is 1. The van der Waals surface area contributed by atoms with Gasteiger partial charge < -0.3 is 0 Å². The molecule has 0 amide bonds. The first-order chi connectivity index (χ1) is 17.7. The van der Waals surface area contributed by atoms with Crippen LogP contribution in [0.5, 0.6) is 0 Å². The van der Waals surface area contributed by atoms with Crippen LogP contribution in [0, 0.1) is 6.92 Å². The molecule has 0 radical (unpaired) electrons. The molecule has 0 heterocycles. The Morgan fingerprint density at radius 1 is 0.526 bits per heavy atom. The predicted molar refractivity (Wildman–Crippen MR) is 161 cm³/mol. The van der Waals surface area contributed by atoms with Crippen LogP contribution in [-0.2, 0) is 16.2 Å². The minimum atomic E-state index is -0.253. The van der Waals surface area contributed by atoms with Gasteiger partial charge in [-0.15, -0.1) is 0 Å². The van der Waals surface area contributed by atoms with Crippen molar-refractivity contribution in [2.45, 2.75) is 78.6 Å². The van der Waals surface area contributed by atoms with E-state index in [1.807, 2.05) is 0 Å². The maximum atomic E-state index is 14.0. The van der Waals surface area contributed by atoms with E-state index < -0.39 is 0 Å². The molecule has 5 rings (SSSR count). The van der Waals surface area contributed by atoms with Crippen LogP contribution in [-0.4, -0.2) is 5.78 Å². The van der Waals surface area contributed by atoms with E-state index in [0.717, 1.165) is 38.9 Å². The third-order valence-corrected chi connectivity index (χ3v) is 8.36. The van der Waals surface area contributed by atoms with E-state index in [4.69, 9.17) is 0 Å². The number of hydrogen-bond acceptors (Lipinski definition) is 1. The van der Waals surface area contributed by atoms with Gasteiger partial charge >= 0.3 is 0 Å². The monoisotopic (exact) mass is 500 g/mol. The predicted octanol–water partition coefficient (Wildman–Crippen LogP) is 9.79. The van der Waals surface area contributed by atoms with Crippen LogP contribution in [0.15, 0.2) is 78.9 Å². The molecule has 0 bridgehead atoms. The van der Waals surface area contributed by atoms with Crippen molar-refractivity contribution in [2.24, 2.45) is 0 Å². The van der Waals surface area contributed by atoms with E-state index in [1.54, 1.807) is 0 Å². The lowest BCUT2D eigenvalue weighted by Gasteiger charge is -2.35. The fourth-order valence-corrected chi connectivity index (χ4v) is 5.81. The largest absolute Gasteiger partial charge is 0.289 e. The number of aryl methyl sites for hydroxylation is 1. The van der Waals surface area contributed by atoms with Crippen LogP contribution in [0.4, 0.5) is 0 Å². The number of fused-ring (bicyclic) bond motifs is 2. The maximum Gasteiger partial charge on any atom is 0.193 e. The highest BCUT2D eigenvalue weighted by Gasteiger charge is 2.37. The second-order valence-corrected chi connectivity index (χ2v) is 13.6. The molecule has 0 aliphatic heterocycles. The van der Waals surface area contributed by atoms with E-state index in [-0.39, 0.29) is 22.0 Å². The van der Waals surface area contributed by atoms with Crippen molar-refractivity contribution in [1.29, 1.82) is 0 Å². The molecule has 1 heteroatoms. The Morgan fingerprint density at radius 3 is 1.53 bits per heavy atom. The maximum absolute atomic E-state index is 14.0. The fourth-order valence-electron chi connectivity index (χ4n) is 5.81. The first-order valence-corrected chi connectivity index (χ1v) is 13.7. The quantitative estimate of drug-likeness (QED) is 0.268. The number of rotatable bonds is 2. The summed E-state index contributed by atoms with van der Waals surface area (Å²) in [6.45, 7) is 20.1. The Labute approximate surface area is 229 Å². The summed E-state index contributed by atoms with van der Waals surface area (Å²) in [6.07, 6.45) is 0. The average molecular weight is 501 g/mol. The second-order valence-electron chi connectivity index (χ2n) is 13.6. The van der Waals surface area contributed by atoms with Gasteiger partial charge in [-0.3, -0.25) is 4.79 Å². The fraction of sp³-hybridized carbons (Fsp3) is 0.324. The highest BCUT2D eigenvalue weighted by atomic mass is 16.1. The van der Waals surface area contributed by atoms with E-state index in [2.05, 4.69) is 141 Å². The molecular formula is C37H40O. The van der Waals surface area contributed by atoms with Crippen LogP contribution in [0.25, 0.3) is 22.3 Å². The van der Waals surface area contributed by atoms with Gasteiger partial charge in [-0.1, -0.05) is 122 Å². The highest BCUT2D eigenvalue weighted by Crippen LogP contribution is 2.44. The summed E-state index contributed by atoms with van der Waals surface area (Å²) >= 11 is 0. The Balaban J connectivity index is 1.57. The first kappa shape index (κ1) is 26.2. The lowest BCUT2D eigenvalue weighted by atomic mass is 9.67. The number of hydrogen-bond donors (Lipinski definition) is 0. The van der Waals surface area contributed by atoms with Gasteiger partial charge in [0.2, 0.25) is 0 Å². The first-order valence-electron chi connectivity index (χ1n) is 13.7. The Morgan fingerprint density at radius 2 is 1.00 bits per heavy atom. The van der Waals surface area contributed by atoms with Gasteiger partial charge in [0.1, 0.15) is 0 Å². The van der Waals surface area contributed by atoms with Crippen molar-refractivity contribution in [3.8, 4) is 22.3 Å². The molecule has 1 aliphatic carbocycles. The van der Waals surface area contributed by atoms with Crippen LogP contribution in [0.1, 0.15) is 99.1 Å². The molecule has 0 unspecified atom stereocenters. The summed E-state index contributed by atoms with van der Waals surface area (Å²) < 4.78 is 0. The van der Waals surface area contributed by atoms with Gasteiger partial charge in [-0.25, -0.2) is 0 Å². The normalized spacial score (nSPS) is 14.7. The minimum Gasteiger partial charge on any atom is -0.289 e. The zero-order chi connectivity index (χ0) is 27.6. The molecule has 38 heavy (non-hydrogen) atoms. The van der Waals surface area contributed by atoms with Crippen molar-refractivity contribution in [1.82, 2.24) is 0 Å². The third-order valence-electron chi connectivity index (χ3n) is 8.36. The van der Waals surface area contributed by atoms with Gasteiger partial charge in [-0.2, -0.15) is 0 Å². The van der Waals surface area contributed by atoms with Crippen LogP contribution < -0.4 is 0 Å². The lowest BCUT2D eigenvalue weighted by molar-refractivity contribution is 0.103. The molecule has 194 valence electrons. The summed E-state index contributed by atoms with van der Waals surface area (Å²) in [5.74, 6) is 0.119. The SMILES string of the molecule is Cc1cc(C(C)(C)C)ccc1-c1ccc2c(c1)C(=O)c1cc(-c3ccc(C(C)(C)C)cc3)ccc1C2(C)C. The average Bonchev–Trinajstić information content (AvgIpc) is 2.86. The van der Waals surface area contributed by atoms with Crippen LogP contribution in [0.2, 0.25) is 0 Å². The highest BCUT2D eigenvalue weighted by molar-refractivity contribution is 6.14. The van der Waals surface area contributed by atoms with E-state index in [1.165, 1.54) is 22.3 Å². The zero-order valence-electron chi connectivity index (χ0n) is 24.4. The Bertz CT molecular complexity index is 1550. The summed E-state index contributed by atoms with van der Waals surface area (Å²) in [5.41, 5.74) is 12.2. The minimum absolute atomic E-state index is 0.105. The van der Waals surface area contributed by atoms with Gasteiger partial charge in [0.25, 0.3) is 0 Å². The molecule has 0 spiro atoms. The van der Waals surface area contributed by atoms with E-state index in [9.17, 15) is 4.79 Å². The Kier molecular flexibility index (Phi) is 6.06. The van der Waals surface area contributed by atoms with Crippen molar-refractivity contribution in [3.63, 3.8) is 0 Å². The molecule has 4 aromatic rings. The molecule has 0 saturated heterocycles. The molecule has 0 aromatic heterocycles. The summed E-state index contributed by atoms with van der Waals surface area (Å²) in [4.78, 5) is 14.0. The molecule has 1 aliphatic rings. The molecule has 4 aromatic carbocycles. The second kappa shape index (κ2) is 8.80. The van der Waals surface area contributed by atoms with E-state index in [0.29, 0.717) is 0 Å². The standard InChI is InChI=1S/C37H40O/c1-23-20-28(36(5,6)7)16-17-29(23)26-13-19-33-31(22-26)34(38)30-21-25(12-18-32(30)37(33,8)9)24-10-14-27(15-11-24)35(2,3)4/h10-22H,1-9H3. The van der Waals surface area contributed by atoms with Gasteiger partial charge in [0.15, 0.2) is 5.78 Å². The number of ketones is 1. The smallest absolute Gasteiger partial charge is 0.193 e. The molecule has 0 atom stereocenters. The van der Waals surface area contributed by atoms with Crippen LogP contribution in [0.3, 0.4) is 0 Å². The Hall–Kier alpha value is -3.45. The molecular weight excluding hydrogens is 460 g/mol. The van der Waals surface area contributed by atoms with Gasteiger partial charge in [-0.05, 0) is 80.0 Å². The molecule has 0 saturated carbocycles. The lowest BCUT2D eigenvalue weighted by Crippen LogP contribution is -2.30. The van der Waals surface area contributed by atoms with Gasteiger partial charge in [0, 0.05) is 16.5 Å². The topological polar surface area (TPSA) is 17.1 Å². The van der Waals surface area contributed by atoms with Crippen LogP contribution >= 0.6 is 0 Å². The molecule has 0 fully saturated rings. The van der Waals surface area contributed by atoms with Crippen molar-refractivity contribution < 1.29 is 4.79 Å². The number of benzene rings is 4. The van der Waals surface area contributed by atoms with Crippen molar-refractivity contribution in [2.75, 3.05) is 0 Å². The third kappa shape index (κ3) is 4.43. The van der Waals surface area contributed by atoms with E-state index >= 15 is 0 Å². The summed E-state index contributed by atoms with van der Waals surface area (Å²) in [7, 11) is 0. The number of carbonyl (C=O) groups excluding carboxylic acids is 1. The van der Waals surface area contributed by atoms with Gasteiger partial charge in [0.05, 0.1) is 0 Å². The summed E-state index contributed by atoms with van der Waals surface area (Å²) in [6, 6.07) is 28.4. The molecule has 1 nitrogen and oxygen atoms in total. The van der Waals surface area contributed by atoms with Crippen molar-refractivity contribution >= 4 is 5.78 Å². The van der Waals surface area contributed by atoms with Crippen molar-refractivity contribution in [3.05, 3.63) is 118 Å². The molecule has 0 N–H and O–H groups in total. The zero-order valence-corrected chi connectivity index (χ0v) is 24.4.